The van der Waals surface area contributed by atoms with Crippen LogP contribution in [0.4, 0.5) is 0 Å². The number of phenols is 1. The van der Waals surface area contributed by atoms with Crippen molar-refractivity contribution in [2.45, 2.75) is 5.37 Å². The summed E-state index contributed by atoms with van der Waals surface area (Å²) in [6.07, 6.45) is 1.81. The van der Waals surface area contributed by atoms with Gasteiger partial charge in [-0.1, -0.05) is 84.6 Å². The van der Waals surface area contributed by atoms with Crippen molar-refractivity contribution >= 4 is 29.7 Å². The number of nitrogens with zero attached hydrogens (tertiary/aromatic N) is 1. The lowest BCUT2D eigenvalue weighted by Gasteiger charge is -2.24. The van der Waals surface area contributed by atoms with Crippen LogP contribution in [0.5, 0.6) is 5.75 Å². The summed E-state index contributed by atoms with van der Waals surface area (Å²) in [5.74, 6) is -0.976. The molecule has 5 nitrogen and oxygen atoms in total. The Balaban J connectivity index is 1.67. The highest BCUT2D eigenvalue weighted by Crippen LogP contribution is 2.45. The van der Waals surface area contributed by atoms with Gasteiger partial charge in [0.25, 0.3) is 11.8 Å². The number of amides is 2. The lowest BCUT2D eigenvalue weighted by Crippen LogP contribution is -2.44. The summed E-state index contributed by atoms with van der Waals surface area (Å²) in [6.45, 7) is 0. The van der Waals surface area contributed by atoms with Gasteiger partial charge in [-0.05, 0) is 29.3 Å². The molecule has 2 amide bonds. The van der Waals surface area contributed by atoms with Crippen LogP contribution in [0, 0.1) is 0 Å². The Kier molecular flexibility index (Phi) is 5.35. The summed E-state index contributed by atoms with van der Waals surface area (Å²) >= 11 is 1.38. The maximum Gasteiger partial charge on any atom is 0.280 e. The topological polar surface area (TPSA) is 69.6 Å². The fourth-order valence-electron chi connectivity index (χ4n) is 3.02. The normalized spacial score (nSPS) is 17.5. The molecule has 1 atom stereocenters. The number of hydrogen-bond acceptors (Lipinski definition) is 4. The van der Waals surface area contributed by atoms with Crippen molar-refractivity contribution in [3.05, 3.63) is 107 Å². The fourth-order valence-corrected chi connectivity index (χ4v) is 4.22. The van der Waals surface area contributed by atoms with E-state index in [-0.39, 0.29) is 17.2 Å². The molecule has 3 aromatic rings. The standard InChI is InChI=1S/C23H18N2O3S/c26-19-14-8-7-13-18(19)21(27)24-25-22(28)20(15-16-9-3-1-4-10-16)29-23(25)17-11-5-2-6-12-17/h1-15,23,26H,(H,24,27)/b20-15+. The van der Waals surface area contributed by atoms with Gasteiger partial charge in [0.1, 0.15) is 11.1 Å². The third-order valence-corrected chi connectivity index (χ3v) is 5.71. The second-order valence-electron chi connectivity index (χ2n) is 6.43. The Morgan fingerprint density at radius 1 is 0.931 bits per heavy atom. The van der Waals surface area contributed by atoms with Crippen LogP contribution < -0.4 is 5.43 Å². The van der Waals surface area contributed by atoms with Crippen LogP contribution in [-0.2, 0) is 4.79 Å². The third-order valence-electron chi connectivity index (χ3n) is 4.46. The van der Waals surface area contributed by atoms with Gasteiger partial charge in [0, 0.05) is 0 Å². The van der Waals surface area contributed by atoms with Gasteiger partial charge in [0.15, 0.2) is 0 Å². The van der Waals surface area contributed by atoms with E-state index in [0.717, 1.165) is 11.1 Å². The molecule has 0 saturated carbocycles. The molecule has 1 aliphatic rings. The molecule has 0 spiro atoms. The maximum atomic E-state index is 13.1. The Bertz CT molecular complexity index is 1070. The van der Waals surface area contributed by atoms with Crippen LogP contribution in [0.25, 0.3) is 6.08 Å². The van der Waals surface area contributed by atoms with Crippen molar-refractivity contribution in [3.8, 4) is 5.75 Å². The van der Waals surface area contributed by atoms with Crippen molar-refractivity contribution in [1.82, 2.24) is 10.4 Å². The molecule has 0 bridgehead atoms. The zero-order valence-corrected chi connectivity index (χ0v) is 16.2. The van der Waals surface area contributed by atoms with E-state index in [1.54, 1.807) is 12.1 Å². The number of phenolic OH excluding ortho intramolecular Hbond substituents is 1. The summed E-state index contributed by atoms with van der Waals surface area (Å²) < 4.78 is 0. The zero-order chi connectivity index (χ0) is 20.2. The molecular formula is C23H18N2O3S. The Hall–Kier alpha value is -3.51. The minimum atomic E-state index is -0.543. The molecule has 2 N–H and O–H groups in total. The highest BCUT2D eigenvalue weighted by molar-refractivity contribution is 8.04. The van der Waals surface area contributed by atoms with E-state index in [1.807, 2.05) is 66.7 Å². The molecule has 0 aromatic heterocycles. The van der Waals surface area contributed by atoms with E-state index < -0.39 is 11.3 Å². The molecule has 0 aliphatic carbocycles. The number of carbonyl (C=O) groups excluding carboxylic acids is 2. The van der Waals surface area contributed by atoms with Crippen LogP contribution in [-0.4, -0.2) is 21.9 Å². The molecule has 1 unspecified atom stereocenters. The average molecular weight is 402 g/mol. The summed E-state index contributed by atoms with van der Waals surface area (Å²) in [5, 5.41) is 10.9. The Morgan fingerprint density at radius 2 is 1.55 bits per heavy atom. The van der Waals surface area contributed by atoms with Crippen LogP contribution in [0.15, 0.2) is 89.8 Å². The summed E-state index contributed by atoms with van der Waals surface area (Å²) in [5.41, 5.74) is 4.58. The van der Waals surface area contributed by atoms with Gasteiger partial charge < -0.3 is 5.11 Å². The number of benzene rings is 3. The smallest absolute Gasteiger partial charge is 0.280 e. The monoisotopic (exact) mass is 402 g/mol. The number of para-hydroxylation sites is 1. The number of rotatable bonds is 4. The predicted molar refractivity (Wildman–Crippen MR) is 114 cm³/mol. The minimum absolute atomic E-state index is 0.109. The fraction of sp³-hybridized carbons (Fsp3) is 0.0435. The SMILES string of the molecule is O=C(NN1C(=O)/C(=C\c2ccccc2)SC1c1ccccc1)c1ccccc1O. The molecule has 1 heterocycles. The van der Waals surface area contributed by atoms with Gasteiger partial charge in [-0.2, -0.15) is 0 Å². The number of carbonyl (C=O) groups is 2. The van der Waals surface area contributed by atoms with E-state index in [1.165, 1.54) is 28.9 Å². The van der Waals surface area contributed by atoms with Crippen LogP contribution in [0.3, 0.4) is 0 Å². The first-order valence-electron chi connectivity index (χ1n) is 9.04. The summed E-state index contributed by atoms with van der Waals surface area (Å²) in [7, 11) is 0. The van der Waals surface area contributed by atoms with Gasteiger partial charge in [0.05, 0.1) is 10.5 Å². The Labute approximate surface area is 172 Å². The van der Waals surface area contributed by atoms with Gasteiger partial charge in [-0.25, -0.2) is 5.01 Å². The molecule has 6 heteroatoms. The minimum Gasteiger partial charge on any atom is -0.507 e. The third kappa shape index (κ3) is 4.02. The van der Waals surface area contributed by atoms with Crippen molar-refractivity contribution in [3.63, 3.8) is 0 Å². The molecule has 1 aliphatic heterocycles. The summed E-state index contributed by atoms with van der Waals surface area (Å²) in [6, 6.07) is 25.3. The van der Waals surface area contributed by atoms with Crippen LogP contribution >= 0.6 is 11.8 Å². The molecule has 1 fully saturated rings. The van der Waals surface area contributed by atoms with Crippen molar-refractivity contribution in [1.29, 1.82) is 0 Å². The summed E-state index contributed by atoms with van der Waals surface area (Å²) in [4.78, 5) is 26.4. The average Bonchev–Trinajstić information content (AvgIpc) is 3.05. The van der Waals surface area contributed by atoms with Crippen molar-refractivity contribution < 1.29 is 14.7 Å². The molecule has 0 radical (unpaired) electrons. The number of thioether (sulfide) groups is 1. The molecule has 29 heavy (non-hydrogen) atoms. The van der Waals surface area contributed by atoms with Gasteiger partial charge in [-0.15, -0.1) is 0 Å². The van der Waals surface area contributed by atoms with Crippen molar-refractivity contribution in [2.24, 2.45) is 0 Å². The highest BCUT2D eigenvalue weighted by Gasteiger charge is 2.38. The van der Waals surface area contributed by atoms with E-state index in [9.17, 15) is 14.7 Å². The largest absolute Gasteiger partial charge is 0.507 e. The van der Waals surface area contributed by atoms with E-state index in [2.05, 4.69) is 5.43 Å². The second kappa shape index (κ2) is 8.24. The molecule has 3 aromatic carbocycles. The number of nitrogens with one attached hydrogen (secondary N) is 1. The molecule has 1 saturated heterocycles. The van der Waals surface area contributed by atoms with E-state index in [0.29, 0.717) is 4.91 Å². The number of hydrazine groups is 1. The lowest BCUT2D eigenvalue weighted by molar-refractivity contribution is -0.128. The second-order valence-corrected chi connectivity index (χ2v) is 7.56. The predicted octanol–water partition coefficient (Wildman–Crippen LogP) is 4.35. The number of hydrogen-bond donors (Lipinski definition) is 2. The zero-order valence-electron chi connectivity index (χ0n) is 15.4. The number of aromatic hydroxyl groups is 1. The highest BCUT2D eigenvalue weighted by atomic mass is 32.2. The maximum absolute atomic E-state index is 13.1. The molecule has 144 valence electrons. The first kappa shape index (κ1) is 18.8. The van der Waals surface area contributed by atoms with Crippen LogP contribution in [0.1, 0.15) is 26.9 Å². The van der Waals surface area contributed by atoms with Gasteiger partial charge in [0.2, 0.25) is 0 Å². The van der Waals surface area contributed by atoms with Crippen molar-refractivity contribution in [2.75, 3.05) is 0 Å². The van der Waals surface area contributed by atoms with E-state index in [4.69, 9.17) is 0 Å². The Morgan fingerprint density at radius 3 is 2.24 bits per heavy atom. The molecule has 4 rings (SSSR count). The first-order valence-corrected chi connectivity index (χ1v) is 9.92. The van der Waals surface area contributed by atoms with Gasteiger partial charge in [-0.3, -0.25) is 15.0 Å². The quantitative estimate of drug-likeness (QED) is 0.637. The molecular weight excluding hydrogens is 384 g/mol. The lowest BCUT2D eigenvalue weighted by atomic mass is 10.2. The van der Waals surface area contributed by atoms with E-state index >= 15 is 0 Å². The first-order chi connectivity index (χ1) is 14.1. The van der Waals surface area contributed by atoms with Gasteiger partial charge >= 0.3 is 0 Å². The van der Waals surface area contributed by atoms with Crippen LogP contribution in [0.2, 0.25) is 0 Å².